The van der Waals surface area contributed by atoms with Crippen LogP contribution in [0.15, 0.2) is 51.0 Å². The standard InChI is InChI=1S/C26H32N6O/c1-4-26(3)21-9-8-18(19-7-5-6-17(2)28-14-19)12-20(21)25(31-26)22-13-23(30-16-29-22)32-11-10-27-24(33)15-32/h7-9,12-14,16-17,23H,4-6,10-11,15H2,1-3H3,(H,27,33)(H,29,30). The fourth-order valence-electron chi connectivity index (χ4n) is 4.89. The lowest BCUT2D eigenvalue weighted by molar-refractivity contribution is -0.124. The van der Waals surface area contributed by atoms with Gasteiger partial charge in [-0.05, 0) is 62.0 Å². The zero-order valence-corrected chi connectivity index (χ0v) is 19.6. The summed E-state index contributed by atoms with van der Waals surface area (Å²) in [5.41, 5.74) is 6.42. The van der Waals surface area contributed by atoms with Gasteiger partial charge in [0.2, 0.25) is 5.91 Å². The maximum Gasteiger partial charge on any atom is 0.234 e. The van der Waals surface area contributed by atoms with E-state index in [4.69, 9.17) is 9.98 Å². The molecule has 33 heavy (non-hydrogen) atoms. The van der Waals surface area contributed by atoms with E-state index in [2.05, 4.69) is 71.6 Å². The first-order valence-corrected chi connectivity index (χ1v) is 12.0. The lowest BCUT2D eigenvalue weighted by atomic mass is 9.86. The molecule has 1 aromatic rings. The highest BCUT2D eigenvalue weighted by Crippen LogP contribution is 2.40. The number of carbonyl (C=O) groups excluding carboxylic acids is 1. The van der Waals surface area contributed by atoms with Crippen LogP contribution in [0.3, 0.4) is 0 Å². The molecule has 0 aromatic heterocycles. The molecule has 1 fully saturated rings. The van der Waals surface area contributed by atoms with Gasteiger partial charge in [0.15, 0.2) is 0 Å². The smallest absolute Gasteiger partial charge is 0.234 e. The molecule has 5 rings (SSSR count). The molecule has 2 N–H and O–H groups in total. The summed E-state index contributed by atoms with van der Waals surface area (Å²) in [5.74, 6) is 0.0457. The van der Waals surface area contributed by atoms with Gasteiger partial charge < -0.3 is 10.6 Å². The van der Waals surface area contributed by atoms with Crippen molar-refractivity contribution in [1.29, 1.82) is 0 Å². The summed E-state index contributed by atoms with van der Waals surface area (Å²) in [6.07, 6.45) is 11.0. The third kappa shape index (κ3) is 4.17. The third-order valence-electron chi connectivity index (χ3n) is 7.11. The molecule has 7 nitrogen and oxygen atoms in total. The topological polar surface area (TPSA) is 81.5 Å². The minimum Gasteiger partial charge on any atom is -0.354 e. The highest BCUT2D eigenvalue weighted by Gasteiger charge is 2.36. The molecule has 0 radical (unpaired) electrons. The van der Waals surface area contributed by atoms with Gasteiger partial charge in [0.25, 0.3) is 0 Å². The second-order valence-electron chi connectivity index (χ2n) is 9.45. The first-order valence-electron chi connectivity index (χ1n) is 12.0. The Hall–Kier alpha value is -3.06. The number of hydrogen-bond acceptors (Lipinski definition) is 6. The molecule has 0 saturated carbocycles. The Kier molecular flexibility index (Phi) is 5.74. The number of aliphatic imine (C=N–C) groups is 3. The molecular formula is C26H32N6O. The van der Waals surface area contributed by atoms with Crippen LogP contribution in [0.1, 0.15) is 56.7 Å². The normalized spacial score (nSPS) is 29.4. The zero-order valence-electron chi connectivity index (χ0n) is 19.6. The molecule has 172 valence electrons. The average molecular weight is 445 g/mol. The van der Waals surface area contributed by atoms with Crippen LogP contribution >= 0.6 is 0 Å². The number of nitrogens with zero attached hydrogens (tertiary/aromatic N) is 4. The highest BCUT2D eigenvalue weighted by atomic mass is 16.2. The molecule has 4 heterocycles. The summed E-state index contributed by atoms with van der Waals surface area (Å²) in [5, 5.41) is 6.21. The van der Waals surface area contributed by atoms with Crippen molar-refractivity contribution >= 4 is 29.7 Å². The van der Waals surface area contributed by atoms with E-state index in [1.807, 2.05) is 6.21 Å². The van der Waals surface area contributed by atoms with Crippen LogP contribution in [0, 0.1) is 0 Å². The van der Waals surface area contributed by atoms with Gasteiger partial charge in [-0.25, -0.2) is 0 Å². The predicted octanol–water partition coefficient (Wildman–Crippen LogP) is 3.02. The van der Waals surface area contributed by atoms with E-state index in [1.54, 1.807) is 6.34 Å². The largest absolute Gasteiger partial charge is 0.354 e. The molecular weight excluding hydrogens is 412 g/mol. The first kappa shape index (κ1) is 21.8. The van der Waals surface area contributed by atoms with Crippen LogP contribution in [0.4, 0.5) is 0 Å². The lowest BCUT2D eigenvalue weighted by Gasteiger charge is -2.32. The Balaban J connectivity index is 1.51. The van der Waals surface area contributed by atoms with Crippen LogP contribution in [0.25, 0.3) is 5.57 Å². The van der Waals surface area contributed by atoms with E-state index < -0.39 is 0 Å². The Morgan fingerprint density at radius 2 is 2.15 bits per heavy atom. The van der Waals surface area contributed by atoms with Crippen LogP contribution < -0.4 is 10.6 Å². The summed E-state index contributed by atoms with van der Waals surface area (Å²) in [6.45, 7) is 8.35. The fraction of sp³-hybridized carbons (Fsp3) is 0.462. The van der Waals surface area contributed by atoms with Crippen molar-refractivity contribution in [3.05, 3.63) is 52.7 Å². The van der Waals surface area contributed by atoms with Crippen molar-refractivity contribution in [2.24, 2.45) is 15.0 Å². The second kappa shape index (κ2) is 8.71. The number of benzene rings is 1. The van der Waals surface area contributed by atoms with E-state index >= 15 is 0 Å². The van der Waals surface area contributed by atoms with Gasteiger partial charge in [-0.1, -0.05) is 25.1 Å². The molecule has 1 amide bonds. The van der Waals surface area contributed by atoms with Crippen LogP contribution in [0.5, 0.6) is 0 Å². The molecule has 3 unspecified atom stereocenters. The van der Waals surface area contributed by atoms with Crippen LogP contribution in [-0.4, -0.2) is 60.9 Å². The lowest BCUT2D eigenvalue weighted by Crippen LogP contribution is -2.51. The number of carbonyl (C=O) groups is 1. The number of rotatable bonds is 4. The van der Waals surface area contributed by atoms with E-state index in [-0.39, 0.29) is 17.6 Å². The number of piperazine rings is 1. The van der Waals surface area contributed by atoms with Crippen LogP contribution in [-0.2, 0) is 10.3 Å². The molecule has 3 atom stereocenters. The third-order valence-corrected chi connectivity index (χ3v) is 7.11. The summed E-state index contributed by atoms with van der Waals surface area (Å²) in [7, 11) is 0. The Bertz CT molecular complexity index is 1110. The molecule has 4 aliphatic rings. The molecule has 4 aliphatic heterocycles. The van der Waals surface area contributed by atoms with Crippen molar-refractivity contribution in [3.8, 4) is 0 Å². The molecule has 1 aromatic carbocycles. The summed E-state index contributed by atoms with van der Waals surface area (Å²) in [4.78, 5) is 28.5. The molecule has 7 heteroatoms. The molecule has 0 aliphatic carbocycles. The maximum atomic E-state index is 11.9. The quantitative estimate of drug-likeness (QED) is 0.749. The number of fused-ring (bicyclic) bond motifs is 1. The van der Waals surface area contributed by atoms with E-state index in [0.29, 0.717) is 19.1 Å². The monoisotopic (exact) mass is 444 g/mol. The maximum absolute atomic E-state index is 11.9. The van der Waals surface area contributed by atoms with Crippen molar-refractivity contribution in [1.82, 2.24) is 15.5 Å². The van der Waals surface area contributed by atoms with Gasteiger partial charge >= 0.3 is 0 Å². The van der Waals surface area contributed by atoms with Crippen molar-refractivity contribution in [3.63, 3.8) is 0 Å². The molecule has 0 spiro atoms. The van der Waals surface area contributed by atoms with Crippen LogP contribution in [0.2, 0.25) is 0 Å². The van der Waals surface area contributed by atoms with E-state index in [9.17, 15) is 4.79 Å². The fourth-order valence-corrected chi connectivity index (χ4v) is 4.89. The number of hydrogen-bond donors (Lipinski definition) is 2. The molecule has 0 bridgehead atoms. The van der Waals surface area contributed by atoms with Gasteiger partial charge in [0.05, 0.1) is 29.8 Å². The SMILES string of the molecule is CCC1(C)N=C(C2=CC(N3CCNC(=O)C3)N=CN2)c2cc(C3=CCCC(C)N=C3)ccc21. The average Bonchev–Trinajstić information content (AvgIpc) is 2.96. The zero-order chi connectivity index (χ0) is 23.0. The van der Waals surface area contributed by atoms with Gasteiger partial charge in [-0.2, -0.15) is 0 Å². The van der Waals surface area contributed by atoms with Crippen molar-refractivity contribution in [2.45, 2.75) is 57.8 Å². The summed E-state index contributed by atoms with van der Waals surface area (Å²) < 4.78 is 0. The van der Waals surface area contributed by atoms with E-state index in [1.165, 1.54) is 16.7 Å². The highest BCUT2D eigenvalue weighted by molar-refractivity contribution is 6.18. The predicted molar refractivity (Wildman–Crippen MR) is 134 cm³/mol. The van der Waals surface area contributed by atoms with Gasteiger partial charge in [-0.15, -0.1) is 0 Å². The van der Waals surface area contributed by atoms with Crippen molar-refractivity contribution < 1.29 is 4.79 Å². The number of amides is 1. The first-order chi connectivity index (χ1) is 16.0. The Morgan fingerprint density at radius 1 is 1.27 bits per heavy atom. The van der Waals surface area contributed by atoms with Gasteiger partial charge in [-0.3, -0.25) is 24.7 Å². The summed E-state index contributed by atoms with van der Waals surface area (Å²) >= 11 is 0. The van der Waals surface area contributed by atoms with E-state index in [0.717, 1.165) is 42.8 Å². The number of allylic oxidation sites excluding steroid dienone is 3. The summed E-state index contributed by atoms with van der Waals surface area (Å²) in [6, 6.07) is 7.06. The van der Waals surface area contributed by atoms with Gasteiger partial charge in [0, 0.05) is 30.9 Å². The number of nitrogens with one attached hydrogen (secondary N) is 2. The minimum absolute atomic E-state index is 0.0457. The Morgan fingerprint density at radius 3 is 2.97 bits per heavy atom. The Labute approximate surface area is 195 Å². The second-order valence-corrected chi connectivity index (χ2v) is 9.45. The minimum atomic E-state index is -0.263. The van der Waals surface area contributed by atoms with Crippen molar-refractivity contribution in [2.75, 3.05) is 19.6 Å². The van der Waals surface area contributed by atoms with Gasteiger partial charge in [0.1, 0.15) is 6.17 Å². The molecule has 1 saturated heterocycles.